The predicted molar refractivity (Wildman–Crippen MR) is 58.8 cm³/mol. The minimum atomic E-state index is 0.607. The van der Waals surface area contributed by atoms with Crippen LogP contribution in [0.1, 0.15) is 47.5 Å². The van der Waals surface area contributed by atoms with Crippen molar-refractivity contribution in [2.75, 3.05) is 6.54 Å². The number of rotatable bonds is 5. The van der Waals surface area contributed by atoms with Crippen molar-refractivity contribution in [3.63, 3.8) is 0 Å². The lowest BCUT2D eigenvalue weighted by atomic mass is 9.94. The Balaban J connectivity index is 2.40. The minimum Gasteiger partial charge on any atom is -0.313 e. The first-order valence-electron chi connectivity index (χ1n) is 5.72. The van der Waals surface area contributed by atoms with Gasteiger partial charge in [-0.1, -0.05) is 34.6 Å². The molecule has 0 aromatic rings. The molecule has 0 spiro atoms. The maximum absolute atomic E-state index is 3.69. The monoisotopic (exact) mass is 183 g/mol. The second-order valence-electron chi connectivity index (χ2n) is 5.52. The molecule has 0 bridgehead atoms. The fourth-order valence-electron chi connectivity index (χ4n) is 2.27. The summed E-state index contributed by atoms with van der Waals surface area (Å²) >= 11 is 0. The van der Waals surface area contributed by atoms with E-state index < -0.39 is 0 Å². The molecule has 0 aromatic carbocycles. The average Bonchev–Trinajstić information content (AvgIpc) is 2.60. The van der Waals surface area contributed by atoms with Crippen LogP contribution in [0.2, 0.25) is 0 Å². The van der Waals surface area contributed by atoms with Gasteiger partial charge in [-0.2, -0.15) is 0 Å². The van der Waals surface area contributed by atoms with Gasteiger partial charge in [0.2, 0.25) is 0 Å². The standard InChI is InChI=1S/C12H25N/c1-6-7-13-11(9(2)3)10-8-12(10,4)5/h9-11,13H,6-8H2,1-5H3. The van der Waals surface area contributed by atoms with Gasteiger partial charge in [0, 0.05) is 6.04 Å². The molecule has 13 heavy (non-hydrogen) atoms. The SMILES string of the molecule is CCCNC(C(C)C)C1CC1(C)C. The Labute approximate surface area is 83.3 Å². The molecule has 2 atom stereocenters. The molecule has 0 aromatic heterocycles. The molecule has 0 amide bonds. The van der Waals surface area contributed by atoms with Crippen LogP contribution >= 0.6 is 0 Å². The Morgan fingerprint density at radius 2 is 1.92 bits per heavy atom. The molecule has 78 valence electrons. The molecular formula is C12H25N. The van der Waals surface area contributed by atoms with E-state index in [0.717, 1.165) is 17.9 Å². The van der Waals surface area contributed by atoms with Crippen LogP contribution in [-0.4, -0.2) is 12.6 Å². The largest absolute Gasteiger partial charge is 0.313 e. The van der Waals surface area contributed by atoms with E-state index in [9.17, 15) is 0 Å². The lowest BCUT2D eigenvalue weighted by Crippen LogP contribution is -2.37. The molecular weight excluding hydrogens is 158 g/mol. The van der Waals surface area contributed by atoms with Crippen molar-refractivity contribution in [3.8, 4) is 0 Å². The Morgan fingerprint density at radius 3 is 2.23 bits per heavy atom. The van der Waals surface area contributed by atoms with E-state index >= 15 is 0 Å². The Kier molecular flexibility index (Phi) is 3.39. The molecule has 1 rings (SSSR count). The van der Waals surface area contributed by atoms with E-state index in [1.807, 2.05) is 0 Å². The van der Waals surface area contributed by atoms with Crippen molar-refractivity contribution >= 4 is 0 Å². The van der Waals surface area contributed by atoms with Crippen molar-refractivity contribution in [1.82, 2.24) is 5.32 Å². The van der Waals surface area contributed by atoms with Gasteiger partial charge in [0.1, 0.15) is 0 Å². The smallest absolute Gasteiger partial charge is 0.0124 e. The van der Waals surface area contributed by atoms with Gasteiger partial charge in [-0.05, 0) is 36.6 Å². The number of hydrogen-bond donors (Lipinski definition) is 1. The Hall–Kier alpha value is -0.0400. The van der Waals surface area contributed by atoms with E-state index in [-0.39, 0.29) is 0 Å². The summed E-state index contributed by atoms with van der Waals surface area (Å²) in [6.45, 7) is 12.9. The summed E-state index contributed by atoms with van der Waals surface area (Å²) in [7, 11) is 0. The highest BCUT2D eigenvalue weighted by Crippen LogP contribution is 2.54. The second-order valence-corrected chi connectivity index (χ2v) is 5.52. The zero-order chi connectivity index (χ0) is 10.1. The minimum absolute atomic E-state index is 0.607. The maximum Gasteiger partial charge on any atom is 0.0124 e. The second kappa shape index (κ2) is 4.00. The third-order valence-electron chi connectivity index (χ3n) is 3.37. The molecule has 1 fully saturated rings. The van der Waals surface area contributed by atoms with E-state index in [0.29, 0.717) is 5.41 Å². The van der Waals surface area contributed by atoms with Gasteiger partial charge < -0.3 is 5.32 Å². The van der Waals surface area contributed by atoms with Gasteiger partial charge in [0.25, 0.3) is 0 Å². The fourth-order valence-corrected chi connectivity index (χ4v) is 2.27. The van der Waals surface area contributed by atoms with E-state index in [1.165, 1.54) is 19.4 Å². The van der Waals surface area contributed by atoms with Crippen molar-refractivity contribution < 1.29 is 0 Å². The van der Waals surface area contributed by atoms with Crippen molar-refractivity contribution in [2.24, 2.45) is 17.3 Å². The third-order valence-corrected chi connectivity index (χ3v) is 3.37. The molecule has 2 unspecified atom stereocenters. The summed E-state index contributed by atoms with van der Waals surface area (Å²) in [4.78, 5) is 0. The van der Waals surface area contributed by atoms with Crippen LogP contribution in [0, 0.1) is 17.3 Å². The first kappa shape index (κ1) is 11.0. The highest BCUT2D eigenvalue weighted by atomic mass is 14.9. The molecule has 1 saturated carbocycles. The lowest BCUT2D eigenvalue weighted by Gasteiger charge is -2.24. The average molecular weight is 183 g/mol. The van der Waals surface area contributed by atoms with Gasteiger partial charge in [-0.3, -0.25) is 0 Å². The van der Waals surface area contributed by atoms with Crippen LogP contribution < -0.4 is 5.32 Å². The van der Waals surface area contributed by atoms with Gasteiger partial charge in [0.05, 0.1) is 0 Å². The lowest BCUT2D eigenvalue weighted by molar-refractivity contribution is 0.326. The molecule has 0 aliphatic heterocycles. The molecule has 1 N–H and O–H groups in total. The number of hydrogen-bond acceptors (Lipinski definition) is 1. The van der Waals surface area contributed by atoms with E-state index in [1.54, 1.807) is 0 Å². The zero-order valence-electron chi connectivity index (χ0n) is 9.85. The van der Waals surface area contributed by atoms with Crippen molar-refractivity contribution in [3.05, 3.63) is 0 Å². The molecule has 0 saturated heterocycles. The normalized spacial score (nSPS) is 27.7. The van der Waals surface area contributed by atoms with E-state index in [4.69, 9.17) is 0 Å². The summed E-state index contributed by atoms with van der Waals surface area (Å²) in [5.41, 5.74) is 0.607. The van der Waals surface area contributed by atoms with Crippen LogP contribution in [0.5, 0.6) is 0 Å². The van der Waals surface area contributed by atoms with Crippen LogP contribution in [0.3, 0.4) is 0 Å². The fraction of sp³-hybridized carbons (Fsp3) is 1.00. The van der Waals surface area contributed by atoms with Gasteiger partial charge in [-0.15, -0.1) is 0 Å². The summed E-state index contributed by atoms with van der Waals surface area (Å²) in [5.74, 6) is 1.69. The van der Waals surface area contributed by atoms with Crippen LogP contribution in [0.15, 0.2) is 0 Å². The third kappa shape index (κ3) is 2.70. The van der Waals surface area contributed by atoms with Gasteiger partial charge in [0.15, 0.2) is 0 Å². The molecule has 1 aliphatic rings. The highest BCUT2D eigenvalue weighted by Gasteiger charge is 2.50. The molecule has 1 nitrogen and oxygen atoms in total. The van der Waals surface area contributed by atoms with Crippen LogP contribution in [-0.2, 0) is 0 Å². The van der Waals surface area contributed by atoms with E-state index in [2.05, 4.69) is 39.9 Å². The maximum atomic E-state index is 3.69. The summed E-state index contributed by atoms with van der Waals surface area (Å²) in [5, 5.41) is 3.69. The van der Waals surface area contributed by atoms with Crippen molar-refractivity contribution in [1.29, 1.82) is 0 Å². The van der Waals surface area contributed by atoms with Crippen molar-refractivity contribution in [2.45, 2.75) is 53.5 Å². The predicted octanol–water partition coefficient (Wildman–Crippen LogP) is 3.06. The Bertz CT molecular complexity index is 161. The number of nitrogens with one attached hydrogen (secondary N) is 1. The zero-order valence-corrected chi connectivity index (χ0v) is 9.85. The first-order valence-corrected chi connectivity index (χ1v) is 5.72. The summed E-state index contributed by atoms with van der Waals surface area (Å²) in [6.07, 6.45) is 2.66. The van der Waals surface area contributed by atoms with Gasteiger partial charge in [-0.25, -0.2) is 0 Å². The van der Waals surface area contributed by atoms with Crippen LogP contribution in [0.25, 0.3) is 0 Å². The highest BCUT2D eigenvalue weighted by molar-refractivity contribution is 5.02. The van der Waals surface area contributed by atoms with Crippen LogP contribution in [0.4, 0.5) is 0 Å². The van der Waals surface area contributed by atoms with Gasteiger partial charge >= 0.3 is 0 Å². The molecule has 0 radical (unpaired) electrons. The molecule has 0 heterocycles. The Morgan fingerprint density at radius 1 is 1.38 bits per heavy atom. The summed E-state index contributed by atoms with van der Waals surface area (Å²) in [6, 6.07) is 0.745. The quantitative estimate of drug-likeness (QED) is 0.691. The molecule has 1 heteroatoms. The topological polar surface area (TPSA) is 12.0 Å². The molecule has 1 aliphatic carbocycles. The first-order chi connectivity index (χ1) is 5.99. The summed E-state index contributed by atoms with van der Waals surface area (Å²) < 4.78 is 0.